The summed E-state index contributed by atoms with van der Waals surface area (Å²) in [5.74, 6) is 1.89. The standard InChI is InChI=1S/C32H49N3O6/c1-32(2,25-9-14-39-15-10-25)34-30(36)23-18-24(20-33-19-23)31(37)35(26-7-8-26)21-22-16-28-27(6-4-12-40-28)29(17-22)41-13-5-11-38-3/h16-17,23-26,33H,4-15,18-21H2,1-3H3,(H,34,36)/t23-,24+/m0/s1. The van der Waals surface area contributed by atoms with Crippen molar-refractivity contribution >= 4 is 11.8 Å². The van der Waals surface area contributed by atoms with E-state index in [1.807, 2.05) is 4.90 Å². The molecular formula is C32H49N3O6. The zero-order chi connectivity index (χ0) is 28.8. The number of hydrogen-bond donors (Lipinski definition) is 2. The van der Waals surface area contributed by atoms with Gasteiger partial charge in [-0.3, -0.25) is 9.59 Å². The Morgan fingerprint density at radius 3 is 2.61 bits per heavy atom. The second-order valence-corrected chi connectivity index (χ2v) is 12.8. The molecule has 2 atom stereocenters. The molecule has 1 aromatic rings. The number of rotatable bonds is 12. The summed E-state index contributed by atoms with van der Waals surface area (Å²) in [5, 5.41) is 6.72. The third-order valence-electron chi connectivity index (χ3n) is 9.19. The molecule has 0 radical (unpaired) electrons. The Morgan fingerprint density at radius 2 is 1.85 bits per heavy atom. The van der Waals surface area contributed by atoms with Gasteiger partial charge >= 0.3 is 0 Å². The molecule has 2 amide bonds. The SMILES string of the molecule is COCCCOc1cc(CN(C(=O)[C@H]2CNC[C@@H](C(=O)NC(C)(C)C3CCOCC3)C2)C2CC2)cc2c1CCCO2. The van der Waals surface area contributed by atoms with Crippen molar-refractivity contribution in [1.29, 1.82) is 0 Å². The summed E-state index contributed by atoms with van der Waals surface area (Å²) in [6, 6.07) is 4.44. The molecule has 9 heteroatoms. The molecule has 4 aliphatic rings. The van der Waals surface area contributed by atoms with Crippen LogP contribution in [0.2, 0.25) is 0 Å². The van der Waals surface area contributed by atoms with Crippen LogP contribution in [0.25, 0.3) is 0 Å². The summed E-state index contributed by atoms with van der Waals surface area (Å²) in [7, 11) is 1.70. The van der Waals surface area contributed by atoms with E-state index in [0.29, 0.717) is 51.8 Å². The monoisotopic (exact) mass is 571 g/mol. The molecule has 1 aromatic carbocycles. The molecule has 1 saturated carbocycles. The van der Waals surface area contributed by atoms with Crippen molar-refractivity contribution in [3.8, 4) is 11.5 Å². The Bertz CT molecular complexity index is 1050. The van der Waals surface area contributed by atoms with Crippen molar-refractivity contribution in [2.24, 2.45) is 17.8 Å². The highest BCUT2D eigenvalue weighted by atomic mass is 16.5. The highest BCUT2D eigenvalue weighted by Gasteiger charge is 2.40. The van der Waals surface area contributed by atoms with Crippen LogP contribution in [0.1, 0.15) is 69.9 Å². The third-order valence-corrected chi connectivity index (χ3v) is 9.19. The molecule has 3 fully saturated rings. The zero-order valence-corrected chi connectivity index (χ0v) is 25.2. The highest BCUT2D eigenvalue weighted by Crippen LogP contribution is 2.37. The lowest BCUT2D eigenvalue weighted by Crippen LogP contribution is -2.55. The molecular weight excluding hydrogens is 522 g/mol. The van der Waals surface area contributed by atoms with E-state index in [-0.39, 0.29) is 35.2 Å². The average Bonchev–Trinajstić information content (AvgIpc) is 3.83. The van der Waals surface area contributed by atoms with Gasteiger partial charge in [-0.25, -0.2) is 0 Å². The average molecular weight is 572 g/mol. The normalized spacial score (nSPS) is 23.3. The first kappa shape index (κ1) is 30.1. The Hall–Kier alpha value is -2.36. The van der Waals surface area contributed by atoms with Crippen LogP contribution in [0.15, 0.2) is 12.1 Å². The van der Waals surface area contributed by atoms with Crippen LogP contribution in [-0.4, -0.2) is 81.5 Å². The zero-order valence-electron chi connectivity index (χ0n) is 25.2. The van der Waals surface area contributed by atoms with Gasteiger partial charge in [0, 0.05) is 70.1 Å². The van der Waals surface area contributed by atoms with E-state index in [9.17, 15) is 9.59 Å². The summed E-state index contributed by atoms with van der Waals surface area (Å²) in [5.41, 5.74) is 1.86. The quantitative estimate of drug-likeness (QED) is 0.371. The number of ether oxygens (including phenoxy) is 4. The summed E-state index contributed by atoms with van der Waals surface area (Å²) in [6.45, 7) is 9.41. The number of amides is 2. The van der Waals surface area contributed by atoms with Crippen LogP contribution in [0.3, 0.4) is 0 Å². The number of hydrogen-bond acceptors (Lipinski definition) is 7. The van der Waals surface area contributed by atoms with E-state index in [1.165, 1.54) is 0 Å². The van der Waals surface area contributed by atoms with Gasteiger partial charge in [-0.2, -0.15) is 0 Å². The largest absolute Gasteiger partial charge is 0.493 e. The lowest BCUT2D eigenvalue weighted by Gasteiger charge is -2.39. The van der Waals surface area contributed by atoms with Gasteiger partial charge in [-0.1, -0.05) is 0 Å². The van der Waals surface area contributed by atoms with Crippen molar-refractivity contribution in [3.05, 3.63) is 23.3 Å². The fourth-order valence-electron chi connectivity index (χ4n) is 6.56. The number of carbonyl (C=O) groups excluding carboxylic acids is 2. The molecule has 41 heavy (non-hydrogen) atoms. The molecule has 2 saturated heterocycles. The van der Waals surface area contributed by atoms with Crippen molar-refractivity contribution in [2.75, 3.05) is 53.2 Å². The number of carbonyl (C=O) groups is 2. The predicted octanol–water partition coefficient (Wildman–Crippen LogP) is 3.47. The van der Waals surface area contributed by atoms with Gasteiger partial charge in [0.2, 0.25) is 11.8 Å². The highest BCUT2D eigenvalue weighted by molar-refractivity contribution is 5.83. The Morgan fingerprint density at radius 1 is 1.07 bits per heavy atom. The topological polar surface area (TPSA) is 98.4 Å². The van der Waals surface area contributed by atoms with Crippen LogP contribution >= 0.6 is 0 Å². The second kappa shape index (κ2) is 13.7. The van der Waals surface area contributed by atoms with Crippen LogP contribution in [0, 0.1) is 17.8 Å². The Labute approximate surface area is 245 Å². The van der Waals surface area contributed by atoms with Gasteiger partial charge in [-0.05, 0) is 82.4 Å². The second-order valence-electron chi connectivity index (χ2n) is 12.8. The molecule has 0 aromatic heterocycles. The molecule has 1 aliphatic carbocycles. The molecule has 9 nitrogen and oxygen atoms in total. The predicted molar refractivity (Wildman–Crippen MR) is 156 cm³/mol. The summed E-state index contributed by atoms with van der Waals surface area (Å²) >= 11 is 0. The van der Waals surface area contributed by atoms with Crippen molar-refractivity contribution in [1.82, 2.24) is 15.5 Å². The minimum Gasteiger partial charge on any atom is -0.493 e. The molecule has 228 valence electrons. The lowest BCUT2D eigenvalue weighted by molar-refractivity contribution is -0.139. The molecule has 3 heterocycles. The molecule has 0 bridgehead atoms. The molecule has 3 aliphatic heterocycles. The first-order valence-corrected chi connectivity index (χ1v) is 15.7. The minimum atomic E-state index is -0.296. The van der Waals surface area contributed by atoms with Crippen LogP contribution in [0.5, 0.6) is 11.5 Å². The van der Waals surface area contributed by atoms with Gasteiger partial charge in [-0.15, -0.1) is 0 Å². The minimum absolute atomic E-state index is 0.0477. The maximum Gasteiger partial charge on any atom is 0.227 e. The van der Waals surface area contributed by atoms with E-state index in [4.69, 9.17) is 18.9 Å². The number of nitrogens with one attached hydrogen (secondary N) is 2. The number of piperidine rings is 1. The molecule has 0 spiro atoms. The summed E-state index contributed by atoms with van der Waals surface area (Å²) in [6.07, 6.45) is 7.27. The van der Waals surface area contributed by atoms with Crippen LogP contribution < -0.4 is 20.1 Å². The number of nitrogens with zero attached hydrogens (tertiary/aromatic N) is 1. The smallest absolute Gasteiger partial charge is 0.227 e. The van der Waals surface area contributed by atoms with E-state index < -0.39 is 0 Å². The van der Waals surface area contributed by atoms with Gasteiger partial charge < -0.3 is 34.5 Å². The number of fused-ring (bicyclic) bond motifs is 1. The van der Waals surface area contributed by atoms with E-state index in [0.717, 1.165) is 80.8 Å². The van der Waals surface area contributed by atoms with Gasteiger partial charge in [0.05, 0.1) is 25.0 Å². The molecule has 2 N–H and O–H groups in total. The first-order chi connectivity index (χ1) is 19.9. The van der Waals surface area contributed by atoms with Gasteiger partial charge in [0.1, 0.15) is 11.5 Å². The van der Waals surface area contributed by atoms with Crippen molar-refractivity contribution in [3.63, 3.8) is 0 Å². The fourth-order valence-corrected chi connectivity index (χ4v) is 6.56. The van der Waals surface area contributed by atoms with E-state index in [1.54, 1.807) is 7.11 Å². The number of methoxy groups -OCH3 is 1. The first-order valence-electron chi connectivity index (χ1n) is 15.7. The van der Waals surface area contributed by atoms with Gasteiger partial charge in [0.15, 0.2) is 0 Å². The molecule has 0 unspecified atom stereocenters. The van der Waals surface area contributed by atoms with Crippen molar-refractivity contribution < 1.29 is 28.5 Å². The third kappa shape index (κ3) is 7.73. The fraction of sp³-hybridized carbons (Fsp3) is 0.750. The van der Waals surface area contributed by atoms with Crippen molar-refractivity contribution in [2.45, 2.75) is 83.3 Å². The van der Waals surface area contributed by atoms with Crippen LogP contribution in [-0.2, 0) is 32.0 Å². The number of benzene rings is 1. The van der Waals surface area contributed by atoms with E-state index in [2.05, 4.69) is 36.6 Å². The summed E-state index contributed by atoms with van der Waals surface area (Å²) in [4.78, 5) is 29.4. The maximum absolute atomic E-state index is 14.0. The van der Waals surface area contributed by atoms with E-state index >= 15 is 0 Å². The molecule has 5 rings (SSSR count). The Kier molecular flexibility index (Phi) is 10.1. The summed E-state index contributed by atoms with van der Waals surface area (Å²) < 4.78 is 22.9. The van der Waals surface area contributed by atoms with Crippen LogP contribution in [0.4, 0.5) is 0 Å². The lowest BCUT2D eigenvalue weighted by atomic mass is 9.80. The Balaban J connectivity index is 1.24. The maximum atomic E-state index is 14.0. The van der Waals surface area contributed by atoms with Gasteiger partial charge in [0.25, 0.3) is 0 Å².